The number of hydrogen-bond acceptors (Lipinski definition) is 4. The van der Waals surface area contributed by atoms with E-state index in [-0.39, 0.29) is 11.4 Å². The average Bonchev–Trinajstić information content (AvgIpc) is 2.28. The Morgan fingerprint density at radius 2 is 2.12 bits per heavy atom. The van der Waals surface area contributed by atoms with Gasteiger partial charge in [-0.25, -0.2) is 0 Å². The molecule has 0 radical (unpaired) electrons. The number of hydrogen-bond donors (Lipinski definition) is 1. The summed E-state index contributed by atoms with van der Waals surface area (Å²) in [5.74, 6) is -0.420. The number of carbonyl (C=O) groups excluding carboxylic acids is 1. The Kier molecular flexibility index (Phi) is 3.96. The number of nitro groups is 1. The van der Waals surface area contributed by atoms with Gasteiger partial charge in [0, 0.05) is 13.2 Å². The number of benzene rings is 1. The molecule has 16 heavy (non-hydrogen) atoms. The second-order valence-corrected chi connectivity index (χ2v) is 3.14. The van der Waals surface area contributed by atoms with Crippen LogP contribution < -0.4 is 5.32 Å². The summed E-state index contributed by atoms with van der Waals surface area (Å²) in [5.41, 5.74) is 0.0283. The fourth-order valence-electron chi connectivity index (χ4n) is 1.08. The molecule has 0 heterocycles. The summed E-state index contributed by atoms with van der Waals surface area (Å²) in [6, 6.07) is 5.94. The minimum Gasteiger partial charge on any atom is -0.372 e. The Morgan fingerprint density at radius 1 is 1.50 bits per heavy atom. The molecular formula is C10H12N2O4. The molecule has 86 valence electrons. The predicted octanol–water partition coefficient (Wildman–Crippen LogP) is 1.57. The molecule has 0 saturated heterocycles. The van der Waals surface area contributed by atoms with Crippen molar-refractivity contribution in [2.45, 2.75) is 13.0 Å². The summed E-state index contributed by atoms with van der Waals surface area (Å²) in [7, 11) is 1.39. The number of para-hydroxylation sites is 2. The van der Waals surface area contributed by atoms with E-state index in [1.807, 2.05) is 0 Å². The van der Waals surface area contributed by atoms with E-state index in [1.165, 1.54) is 25.3 Å². The molecule has 0 spiro atoms. The van der Waals surface area contributed by atoms with Crippen LogP contribution in [-0.4, -0.2) is 24.0 Å². The summed E-state index contributed by atoms with van der Waals surface area (Å²) in [4.78, 5) is 21.6. The zero-order chi connectivity index (χ0) is 12.1. The third-order valence-electron chi connectivity index (χ3n) is 2.08. The molecule has 0 fully saturated rings. The molecule has 0 saturated carbocycles. The third-order valence-corrected chi connectivity index (χ3v) is 2.08. The third kappa shape index (κ3) is 2.77. The van der Waals surface area contributed by atoms with Gasteiger partial charge in [-0.2, -0.15) is 0 Å². The minimum absolute atomic E-state index is 0.140. The maximum Gasteiger partial charge on any atom is 0.292 e. The standard InChI is InChI=1S/C10H12N2O4/c1-7(16-2)10(13)11-8-5-3-4-6-9(8)12(14)15/h3-7H,1-2H3,(H,11,13). The first-order valence-corrected chi connectivity index (χ1v) is 4.63. The zero-order valence-corrected chi connectivity index (χ0v) is 8.97. The van der Waals surface area contributed by atoms with Crippen molar-refractivity contribution in [1.82, 2.24) is 0 Å². The van der Waals surface area contributed by atoms with Crippen molar-refractivity contribution in [2.24, 2.45) is 0 Å². The van der Waals surface area contributed by atoms with Crippen LogP contribution in [0.4, 0.5) is 11.4 Å². The summed E-state index contributed by atoms with van der Waals surface area (Å²) < 4.78 is 4.80. The van der Waals surface area contributed by atoms with Crippen molar-refractivity contribution >= 4 is 17.3 Å². The molecule has 1 aromatic carbocycles. The van der Waals surface area contributed by atoms with Crippen molar-refractivity contribution in [3.8, 4) is 0 Å². The van der Waals surface area contributed by atoms with Gasteiger partial charge in [-0.1, -0.05) is 12.1 Å². The maximum atomic E-state index is 11.5. The normalized spacial score (nSPS) is 11.9. The molecule has 6 heteroatoms. The van der Waals surface area contributed by atoms with Crippen LogP contribution >= 0.6 is 0 Å². The number of ether oxygens (including phenoxy) is 1. The first-order valence-electron chi connectivity index (χ1n) is 4.63. The smallest absolute Gasteiger partial charge is 0.292 e. The summed E-state index contributed by atoms with van der Waals surface area (Å²) in [6.45, 7) is 1.56. The Bertz CT molecular complexity index is 406. The molecule has 0 aromatic heterocycles. The van der Waals surface area contributed by atoms with Crippen LogP contribution in [0.1, 0.15) is 6.92 Å². The molecule has 0 aliphatic rings. The van der Waals surface area contributed by atoms with Gasteiger partial charge in [0.05, 0.1) is 4.92 Å². The second-order valence-electron chi connectivity index (χ2n) is 3.14. The fraction of sp³-hybridized carbons (Fsp3) is 0.300. The van der Waals surface area contributed by atoms with E-state index in [9.17, 15) is 14.9 Å². The highest BCUT2D eigenvalue weighted by Crippen LogP contribution is 2.23. The Balaban J connectivity index is 2.89. The summed E-state index contributed by atoms with van der Waals surface area (Å²) in [5, 5.41) is 13.1. The highest BCUT2D eigenvalue weighted by atomic mass is 16.6. The first kappa shape index (κ1) is 12.1. The zero-order valence-electron chi connectivity index (χ0n) is 8.97. The number of carbonyl (C=O) groups is 1. The molecule has 1 aromatic rings. The van der Waals surface area contributed by atoms with Gasteiger partial charge in [0.2, 0.25) is 0 Å². The number of nitro benzene ring substituents is 1. The van der Waals surface area contributed by atoms with Crippen molar-refractivity contribution in [3.05, 3.63) is 34.4 Å². The van der Waals surface area contributed by atoms with Crippen LogP contribution in [0, 0.1) is 10.1 Å². The Hall–Kier alpha value is -1.95. The van der Waals surface area contributed by atoms with Crippen LogP contribution in [-0.2, 0) is 9.53 Å². The van der Waals surface area contributed by atoms with Crippen molar-refractivity contribution in [3.63, 3.8) is 0 Å². The number of nitrogens with one attached hydrogen (secondary N) is 1. The SMILES string of the molecule is COC(C)C(=O)Nc1ccccc1[N+](=O)[O-]. The Labute approximate surface area is 92.4 Å². The molecular weight excluding hydrogens is 212 g/mol. The van der Waals surface area contributed by atoms with Gasteiger partial charge in [-0.15, -0.1) is 0 Å². The molecule has 1 amide bonds. The lowest BCUT2D eigenvalue weighted by Gasteiger charge is -2.10. The van der Waals surface area contributed by atoms with Crippen molar-refractivity contribution in [2.75, 3.05) is 12.4 Å². The van der Waals surface area contributed by atoms with E-state index >= 15 is 0 Å². The van der Waals surface area contributed by atoms with Gasteiger partial charge in [0.25, 0.3) is 11.6 Å². The number of anilines is 1. The topological polar surface area (TPSA) is 81.5 Å². The van der Waals surface area contributed by atoms with Crippen LogP contribution in [0.2, 0.25) is 0 Å². The Morgan fingerprint density at radius 3 is 2.69 bits per heavy atom. The van der Waals surface area contributed by atoms with Crippen molar-refractivity contribution < 1.29 is 14.5 Å². The van der Waals surface area contributed by atoms with E-state index in [1.54, 1.807) is 13.0 Å². The lowest BCUT2D eigenvalue weighted by Crippen LogP contribution is -2.26. The second kappa shape index (κ2) is 5.22. The molecule has 1 N–H and O–H groups in total. The molecule has 0 aliphatic carbocycles. The molecule has 0 bridgehead atoms. The number of nitrogens with zero attached hydrogens (tertiary/aromatic N) is 1. The highest BCUT2D eigenvalue weighted by molar-refractivity contribution is 5.95. The molecule has 1 unspecified atom stereocenters. The lowest BCUT2D eigenvalue weighted by atomic mass is 10.2. The lowest BCUT2D eigenvalue weighted by molar-refractivity contribution is -0.383. The molecule has 1 atom stereocenters. The van der Waals surface area contributed by atoms with Gasteiger partial charge in [-0.05, 0) is 13.0 Å². The maximum absolute atomic E-state index is 11.5. The van der Waals surface area contributed by atoms with Crippen molar-refractivity contribution in [1.29, 1.82) is 0 Å². The van der Waals surface area contributed by atoms with Gasteiger partial charge >= 0.3 is 0 Å². The van der Waals surface area contributed by atoms with Gasteiger partial charge in [0.15, 0.2) is 0 Å². The summed E-state index contributed by atoms with van der Waals surface area (Å²) >= 11 is 0. The molecule has 6 nitrogen and oxygen atoms in total. The summed E-state index contributed by atoms with van der Waals surface area (Å²) in [6.07, 6.45) is -0.653. The van der Waals surface area contributed by atoms with E-state index < -0.39 is 16.9 Å². The fourth-order valence-corrected chi connectivity index (χ4v) is 1.08. The van der Waals surface area contributed by atoms with Crippen LogP contribution in [0.15, 0.2) is 24.3 Å². The van der Waals surface area contributed by atoms with Crippen LogP contribution in [0.3, 0.4) is 0 Å². The van der Waals surface area contributed by atoms with Gasteiger partial charge < -0.3 is 10.1 Å². The number of amides is 1. The first-order chi connectivity index (χ1) is 7.56. The minimum atomic E-state index is -0.653. The van der Waals surface area contributed by atoms with Gasteiger partial charge in [-0.3, -0.25) is 14.9 Å². The molecule has 0 aliphatic heterocycles. The predicted molar refractivity (Wildman–Crippen MR) is 58.2 cm³/mol. The largest absolute Gasteiger partial charge is 0.372 e. The number of methoxy groups -OCH3 is 1. The number of rotatable bonds is 4. The van der Waals surface area contributed by atoms with E-state index in [2.05, 4.69) is 5.32 Å². The highest BCUT2D eigenvalue weighted by Gasteiger charge is 2.17. The monoisotopic (exact) mass is 224 g/mol. The van der Waals surface area contributed by atoms with E-state index in [0.29, 0.717) is 0 Å². The van der Waals surface area contributed by atoms with E-state index in [0.717, 1.165) is 0 Å². The quantitative estimate of drug-likeness (QED) is 0.621. The molecule has 1 rings (SSSR count). The van der Waals surface area contributed by atoms with E-state index in [4.69, 9.17) is 4.74 Å². The van der Waals surface area contributed by atoms with Crippen LogP contribution in [0.25, 0.3) is 0 Å². The van der Waals surface area contributed by atoms with Gasteiger partial charge in [0.1, 0.15) is 11.8 Å². The average molecular weight is 224 g/mol. The van der Waals surface area contributed by atoms with Crippen LogP contribution in [0.5, 0.6) is 0 Å².